The fourth-order valence-electron chi connectivity index (χ4n) is 4.16. The summed E-state index contributed by atoms with van der Waals surface area (Å²) in [4.78, 5) is 16.5. The molecule has 4 nitrogen and oxygen atoms in total. The SMILES string of the molecule is CSc1ccc(-c2ccc(C(=O)N[C@H]3CN4CCC3CC4)n2C)cc1. The molecule has 1 aromatic heterocycles. The Morgan fingerprint density at radius 2 is 1.84 bits per heavy atom. The Hall–Kier alpha value is -1.72. The van der Waals surface area contributed by atoms with Crippen molar-refractivity contribution in [1.82, 2.24) is 14.8 Å². The van der Waals surface area contributed by atoms with Crippen LogP contribution in [-0.2, 0) is 7.05 Å². The smallest absolute Gasteiger partial charge is 0.268 e. The molecule has 1 N–H and O–H groups in total. The Labute approximate surface area is 153 Å². The largest absolute Gasteiger partial charge is 0.346 e. The topological polar surface area (TPSA) is 37.3 Å². The Balaban J connectivity index is 1.51. The fourth-order valence-corrected chi connectivity index (χ4v) is 4.57. The lowest BCUT2D eigenvalue weighted by atomic mass is 9.84. The van der Waals surface area contributed by atoms with Crippen molar-refractivity contribution >= 4 is 17.7 Å². The summed E-state index contributed by atoms with van der Waals surface area (Å²) in [5.41, 5.74) is 2.95. The Morgan fingerprint density at radius 3 is 2.44 bits per heavy atom. The van der Waals surface area contributed by atoms with Gasteiger partial charge in [0.25, 0.3) is 5.91 Å². The van der Waals surface area contributed by atoms with E-state index in [2.05, 4.69) is 40.7 Å². The molecular weight excluding hydrogens is 330 g/mol. The number of amides is 1. The summed E-state index contributed by atoms with van der Waals surface area (Å²) in [5, 5.41) is 3.29. The minimum atomic E-state index is 0.0493. The van der Waals surface area contributed by atoms with E-state index >= 15 is 0 Å². The second-order valence-electron chi connectivity index (χ2n) is 7.11. The van der Waals surface area contributed by atoms with Gasteiger partial charge in [-0.3, -0.25) is 4.79 Å². The third-order valence-electron chi connectivity index (χ3n) is 5.71. The second-order valence-corrected chi connectivity index (χ2v) is 7.99. The summed E-state index contributed by atoms with van der Waals surface area (Å²) in [6.07, 6.45) is 4.50. The lowest BCUT2D eigenvalue weighted by Gasteiger charge is -2.44. The van der Waals surface area contributed by atoms with Gasteiger partial charge in [0.15, 0.2) is 0 Å². The van der Waals surface area contributed by atoms with E-state index in [4.69, 9.17) is 0 Å². The third kappa shape index (κ3) is 3.23. The van der Waals surface area contributed by atoms with Crippen LogP contribution in [0.4, 0.5) is 0 Å². The third-order valence-corrected chi connectivity index (χ3v) is 6.46. The Bertz CT molecular complexity index is 760. The molecule has 3 saturated heterocycles. The number of carbonyl (C=O) groups is 1. The molecule has 0 saturated carbocycles. The van der Waals surface area contributed by atoms with Crippen molar-refractivity contribution in [2.75, 3.05) is 25.9 Å². The molecule has 1 amide bonds. The molecule has 3 aliphatic rings. The zero-order valence-electron chi connectivity index (χ0n) is 14.9. The second kappa shape index (κ2) is 6.89. The molecule has 2 bridgehead atoms. The minimum absolute atomic E-state index is 0.0493. The van der Waals surface area contributed by atoms with Crippen molar-refractivity contribution < 1.29 is 4.79 Å². The van der Waals surface area contributed by atoms with Gasteiger partial charge in [0, 0.05) is 30.2 Å². The zero-order chi connectivity index (χ0) is 17.4. The summed E-state index contributed by atoms with van der Waals surface area (Å²) in [5.74, 6) is 0.695. The average Bonchev–Trinajstić information content (AvgIpc) is 3.04. The van der Waals surface area contributed by atoms with E-state index in [1.807, 2.05) is 23.7 Å². The van der Waals surface area contributed by atoms with Crippen LogP contribution in [0.1, 0.15) is 23.3 Å². The molecule has 1 atom stereocenters. The summed E-state index contributed by atoms with van der Waals surface area (Å²) in [6, 6.07) is 12.8. The van der Waals surface area contributed by atoms with Gasteiger partial charge in [0.05, 0.1) is 0 Å². The maximum Gasteiger partial charge on any atom is 0.268 e. The molecule has 0 radical (unpaired) electrons. The Kier molecular flexibility index (Phi) is 4.61. The first-order valence-corrected chi connectivity index (χ1v) is 10.2. The highest BCUT2D eigenvalue weighted by atomic mass is 32.2. The summed E-state index contributed by atoms with van der Waals surface area (Å²) in [6.45, 7) is 3.39. The lowest BCUT2D eigenvalue weighted by Crippen LogP contribution is -2.57. The molecule has 25 heavy (non-hydrogen) atoms. The maximum atomic E-state index is 12.8. The van der Waals surface area contributed by atoms with E-state index < -0.39 is 0 Å². The van der Waals surface area contributed by atoms with Gasteiger partial charge in [0.2, 0.25) is 0 Å². The summed E-state index contributed by atoms with van der Waals surface area (Å²) in [7, 11) is 1.98. The number of carbonyl (C=O) groups excluding carboxylic acids is 1. The average molecular weight is 356 g/mol. The van der Waals surface area contributed by atoms with Gasteiger partial charge in [-0.15, -0.1) is 11.8 Å². The molecule has 0 spiro atoms. The number of rotatable bonds is 4. The number of aromatic nitrogens is 1. The molecule has 0 unspecified atom stereocenters. The maximum absolute atomic E-state index is 12.8. The van der Waals surface area contributed by atoms with Crippen LogP contribution in [0.3, 0.4) is 0 Å². The first-order chi connectivity index (χ1) is 12.2. The van der Waals surface area contributed by atoms with Crippen molar-refractivity contribution in [3.05, 3.63) is 42.1 Å². The highest BCUT2D eigenvalue weighted by Gasteiger charge is 2.35. The normalized spacial score (nSPS) is 25.1. The van der Waals surface area contributed by atoms with E-state index in [9.17, 15) is 4.79 Å². The van der Waals surface area contributed by atoms with Crippen LogP contribution in [0.2, 0.25) is 0 Å². The highest BCUT2D eigenvalue weighted by Crippen LogP contribution is 2.28. The number of fused-ring (bicyclic) bond motifs is 3. The van der Waals surface area contributed by atoms with Gasteiger partial charge < -0.3 is 14.8 Å². The molecule has 2 aromatic rings. The number of nitrogens with zero attached hydrogens (tertiary/aromatic N) is 2. The van der Waals surface area contributed by atoms with E-state index in [0.29, 0.717) is 12.0 Å². The zero-order valence-corrected chi connectivity index (χ0v) is 15.7. The molecule has 4 heterocycles. The molecule has 132 valence electrons. The summed E-state index contributed by atoms with van der Waals surface area (Å²) >= 11 is 1.74. The lowest BCUT2D eigenvalue weighted by molar-refractivity contribution is 0.0616. The molecule has 3 aliphatic heterocycles. The number of hydrogen-bond acceptors (Lipinski definition) is 3. The van der Waals surface area contributed by atoms with E-state index in [1.54, 1.807) is 11.8 Å². The molecule has 3 fully saturated rings. The minimum Gasteiger partial charge on any atom is -0.346 e. The van der Waals surface area contributed by atoms with Crippen molar-refractivity contribution in [2.45, 2.75) is 23.8 Å². The van der Waals surface area contributed by atoms with Crippen molar-refractivity contribution in [2.24, 2.45) is 13.0 Å². The standard InChI is InChI=1S/C20H25N3OS/c1-22-18(15-3-5-16(25-2)6-4-15)7-8-19(22)20(24)21-17-13-23-11-9-14(17)10-12-23/h3-8,14,17H,9-13H2,1-2H3,(H,21,24)/t17-/m0/s1. The number of piperidine rings is 3. The van der Waals surface area contributed by atoms with Crippen LogP contribution in [-0.4, -0.2) is 47.3 Å². The van der Waals surface area contributed by atoms with Crippen molar-refractivity contribution in [1.29, 1.82) is 0 Å². The van der Waals surface area contributed by atoms with Gasteiger partial charge >= 0.3 is 0 Å². The Morgan fingerprint density at radius 1 is 1.12 bits per heavy atom. The fraction of sp³-hybridized carbons (Fsp3) is 0.450. The van der Waals surface area contributed by atoms with Crippen LogP contribution < -0.4 is 5.32 Å². The molecule has 5 heteroatoms. The van der Waals surface area contributed by atoms with Gasteiger partial charge in [-0.25, -0.2) is 0 Å². The van der Waals surface area contributed by atoms with Crippen LogP contribution in [0.5, 0.6) is 0 Å². The first-order valence-electron chi connectivity index (χ1n) is 8.99. The monoisotopic (exact) mass is 355 g/mol. The quantitative estimate of drug-likeness (QED) is 0.856. The predicted molar refractivity (Wildman–Crippen MR) is 103 cm³/mol. The van der Waals surface area contributed by atoms with E-state index in [0.717, 1.165) is 23.5 Å². The van der Waals surface area contributed by atoms with Crippen LogP contribution in [0.25, 0.3) is 11.3 Å². The van der Waals surface area contributed by atoms with E-state index in [1.165, 1.54) is 30.8 Å². The first kappa shape index (κ1) is 16.7. The number of thioether (sulfide) groups is 1. The van der Waals surface area contributed by atoms with Gasteiger partial charge in [0.1, 0.15) is 5.69 Å². The van der Waals surface area contributed by atoms with Crippen LogP contribution in [0, 0.1) is 5.92 Å². The highest BCUT2D eigenvalue weighted by molar-refractivity contribution is 7.98. The molecule has 5 rings (SSSR count). The number of benzene rings is 1. The van der Waals surface area contributed by atoms with Crippen LogP contribution in [0.15, 0.2) is 41.3 Å². The van der Waals surface area contributed by atoms with Crippen LogP contribution >= 0.6 is 11.8 Å². The van der Waals surface area contributed by atoms with Crippen molar-refractivity contribution in [3.8, 4) is 11.3 Å². The predicted octanol–water partition coefficient (Wildman–Crippen LogP) is 3.24. The van der Waals surface area contributed by atoms with Gasteiger partial charge in [-0.2, -0.15) is 0 Å². The molecule has 0 aliphatic carbocycles. The van der Waals surface area contributed by atoms with Gasteiger partial charge in [-0.05, 0) is 67.9 Å². The van der Waals surface area contributed by atoms with Crippen molar-refractivity contribution in [3.63, 3.8) is 0 Å². The summed E-state index contributed by atoms with van der Waals surface area (Å²) < 4.78 is 2.00. The molecule has 1 aromatic carbocycles. The number of hydrogen-bond donors (Lipinski definition) is 1. The van der Waals surface area contributed by atoms with Gasteiger partial charge in [-0.1, -0.05) is 12.1 Å². The van der Waals surface area contributed by atoms with E-state index in [-0.39, 0.29) is 5.91 Å². The molecular formula is C20H25N3OS. The number of nitrogens with one attached hydrogen (secondary N) is 1.